The zero-order valence-electron chi connectivity index (χ0n) is 23.5. The molecule has 2 aromatic heterocycles. The Morgan fingerprint density at radius 3 is 2.46 bits per heavy atom. The number of pyridine rings is 1. The van der Waals surface area contributed by atoms with Gasteiger partial charge in [0.05, 0.1) is 29.4 Å². The van der Waals surface area contributed by atoms with Crippen LogP contribution in [-0.2, 0) is 0 Å². The molecule has 0 amide bonds. The highest BCUT2D eigenvalue weighted by Gasteiger charge is 2.42. The number of nitrogens with one attached hydrogen (secondary N) is 1. The van der Waals surface area contributed by atoms with Gasteiger partial charge in [0.15, 0.2) is 5.11 Å². The first-order valence-corrected chi connectivity index (χ1v) is 14.5. The van der Waals surface area contributed by atoms with Gasteiger partial charge in [-0.1, -0.05) is 12.1 Å². The van der Waals surface area contributed by atoms with Crippen molar-refractivity contribution in [1.82, 2.24) is 14.9 Å². The molecule has 1 saturated carbocycles. The summed E-state index contributed by atoms with van der Waals surface area (Å²) in [5.74, 6) is -0.0652. The Hall–Kier alpha value is -4.17. The molecule has 1 aliphatic heterocycles. The lowest BCUT2D eigenvalue weighted by molar-refractivity contribution is 0.0697. The molecule has 2 unspecified atom stereocenters. The summed E-state index contributed by atoms with van der Waals surface area (Å²) in [6.07, 6.45) is 6.78. The van der Waals surface area contributed by atoms with Gasteiger partial charge in [-0.05, 0) is 124 Å². The molecule has 2 atom stereocenters. The molecule has 0 spiro atoms. The molecule has 41 heavy (non-hydrogen) atoms. The number of benzene rings is 2. The van der Waals surface area contributed by atoms with Crippen LogP contribution in [0.1, 0.15) is 76.3 Å². The van der Waals surface area contributed by atoms with Crippen LogP contribution in [0.25, 0.3) is 5.69 Å². The quantitative estimate of drug-likeness (QED) is 0.233. The van der Waals surface area contributed by atoms with Crippen LogP contribution in [0.5, 0.6) is 5.75 Å². The first-order chi connectivity index (χ1) is 19.8. The maximum atomic E-state index is 11.8. The van der Waals surface area contributed by atoms with Crippen molar-refractivity contribution in [1.29, 1.82) is 0 Å². The topological polar surface area (TPSA) is 79.6 Å². The summed E-state index contributed by atoms with van der Waals surface area (Å²) in [6, 6.07) is 21.2. The average molecular weight is 567 g/mol. The second-order valence-corrected chi connectivity index (χ2v) is 11.4. The largest absolute Gasteiger partial charge is 0.490 e. The number of nitrogens with zero attached hydrogens (tertiary/aromatic N) is 3. The minimum Gasteiger partial charge on any atom is -0.490 e. The number of aryl methyl sites for hydroxylation is 2. The minimum atomic E-state index is -0.943. The number of rotatable bonds is 7. The molecule has 2 N–H and O–H groups in total. The van der Waals surface area contributed by atoms with E-state index in [1.807, 2.05) is 43.3 Å². The Balaban J connectivity index is 1.43. The van der Waals surface area contributed by atoms with Gasteiger partial charge in [-0.2, -0.15) is 0 Å². The maximum absolute atomic E-state index is 11.8. The van der Waals surface area contributed by atoms with Gasteiger partial charge in [-0.15, -0.1) is 0 Å². The highest BCUT2D eigenvalue weighted by Crippen LogP contribution is 2.44. The normalized spacial score (nSPS) is 19.0. The summed E-state index contributed by atoms with van der Waals surface area (Å²) >= 11 is 5.95. The van der Waals surface area contributed by atoms with Gasteiger partial charge in [0.2, 0.25) is 0 Å². The predicted octanol–water partition coefficient (Wildman–Crippen LogP) is 6.99. The van der Waals surface area contributed by atoms with Crippen LogP contribution in [0.3, 0.4) is 0 Å². The third kappa shape index (κ3) is 5.08. The molecule has 1 saturated heterocycles. The maximum Gasteiger partial charge on any atom is 0.335 e. The molecule has 0 radical (unpaired) electrons. The van der Waals surface area contributed by atoms with Crippen molar-refractivity contribution in [3.63, 3.8) is 0 Å². The van der Waals surface area contributed by atoms with Gasteiger partial charge in [-0.3, -0.25) is 4.98 Å². The standard InChI is InChI=1S/C33H34N4O3S/c1-20-11-12-23(32(38)39)19-29(20)36-21(2)18-27(22(36)3)31-30(28-10-6-7-17-34-28)35-33(41)37(31)24-13-15-26(16-14-24)40-25-8-4-5-9-25/h6-7,10-19,25,30-31H,4-5,8-9H2,1-3H3,(H,35,41)(H,38,39). The van der Waals surface area contributed by atoms with Crippen LogP contribution in [0, 0.1) is 20.8 Å². The number of anilines is 1. The molecular formula is C33H34N4O3S. The van der Waals surface area contributed by atoms with Crippen LogP contribution in [0.4, 0.5) is 5.69 Å². The molecule has 0 bridgehead atoms. The molecule has 2 fully saturated rings. The van der Waals surface area contributed by atoms with Gasteiger partial charge >= 0.3 is 5.97 Å². The van der Waals surface area contributed by atoms with Crippen molar-refractivity contribution in [3.05, 3.63) is 107 Å². The summed E-state index contributed by atoms with van der Waals surface area (Å²) in [5, 5.41) is 13.8. The van der Waals surface area contributed by atoms with E-state index in [1.165, 1.54) is 12.8 Å². The molecule has 210 valence electrons. The first kappa shape index (κ1) is 27.0. The van der Waals surface area contributed by atoms with E-state index >= 15 is 0 Å². The third-order valence-electron chi connectivity index (χ3n) is 8.30. The van der Waals surface area contributed by atoms with E-state index in [1.54, 1.807) is 18.3 Å². The lowest BCUT2D eigenvalue weighted by Crippen LogP contribution is -2.29. The number of carboxylic acids is 1. The number of carboxylic acid groups (broad SMARTS) is 1. The summed E-state index contributed by atoms with van der Waals surface area (Å²) in [6.45, 7) is 6.14. The van der Waals surface area contributed by atoms with E-state index in [0.717, 1.165) is 58.2 Å². The van der Waals surface area contributed by atoms with E-state index in [9.17, 15) is 9.90 Å². The van der Waals surface area contributed by atoms with Gasteiger partial charge in [0.25, 0.3) is 0 Å². The number of thiocarbonyl (C=S) groups is 1. The Labute approximate surface area is 245 Å². The Morgan fingerprint density at radius 2 is 1.78 bits per heavy atom. The molecule has 3 heterocycles. The summed E-state index contributed by atoms with van der Waals surface area (Å²) in [5.41, 5.74) is 7.12. The predicted molar refractivity (Wildman–Crippen MR) is 164 cm³/mol. The first-order valence-electron chi connectivity index (χ1n) is 14.1. The Bertz CT molecular complexity index is 1590. The lowest BCUT2D eigenvalue weighted by Gasteiger charge is -2.28. The van der Waals surface area contributed by atoms with Crippen LogP contribution >= 0.6 is 12.2 Å². The average Bonchev–Trinajstić information content (AvgIpc) is 3.68. The van der Waals surface area contributed by atoms with Crippen molar-refractivity contribution < 1.29 is 14.6 Å². The summed E-state index contributed by atoms with van der Waals surface area (Å²) < 4.78 is 8.37. The molecule has 4 aromatic rings. The van der Waals surface area contributed by atoms with Crippen molar-refractivity contribution in [2.45, 2.75) is 64.6 Å². The van der Waals surface area contributed by atoms with E-state index in [-0.39, 0.29) is 17.6 Å². The number of ether oxygens (including phenoxy) is 1. The molecule has 6 rings (SSSR count). The molecule has 8 heteroatoms. The van der Waals surface area contributed by atoms with Crippen LogP contribution in [-0.4, -0.2) is 31.8 Å². The van der Waals surface area contributed by atoms with Crippen LogP contribution in [0.2, 0.25) is 0 Å². The van der Waals surface area contributed by atoms with Crippen molar-refractivity contribution in [2.24, 2.45) is 0 Å². The van der Waals surface area contributed by atoms with Crippen molar-refractivity contribution in [3.8, 4) is 11.4 Å². The SMILES string of the molecule is Cc1ccc(C(=O)O)cc1-n1c(C)cc(C2C(c3ccccn3)NC(=S)N2c2ccc(OC3CCCC3)cc2)c1C. The molecular weight excluding hydrogens is 532 g/mol. The minimum absolute atomic E-state index is 0.179. The van der Waals surface area contributed by atoms with Crippen molar-refractivity contribution >= 4 is 29.0 Å². The number of hydrogen-bond donors (Lipinski definition) is 2. The fourth-order valence-corrected chi connectivity index (χ4v) is 6.62. The van der Waals surface area contributed by atoms with E-state index in [0.29, 0.717) is 11.2 Å². The summed E-state index contributed by atoms with van der Waals surface area (Å²) in [7, 11) is 0. The second kappa shape index (κ2) is 11.0. The molecule has 1 aliphatic carbocycles. The van der Waals surface area contributed by atoms with E-state index < -0.39 is 5.97 Å². The van der Waals surface area contributed by atoms with Gasteiger partial charge in [0.1, 0.15) is 5.75 Å². The monoisotopic (exact) mass is 566 g/mol. The Kier molecular flexibility index (Phi) is 7.26. The highest BCUT2D eigenvalue weighted by molar-refractivity contribution is 7.80. The summed E-state index contributed by atoms with van der Waals surface area (Å²) in [4.78, 5) is 18.6. The highest BCUT2D eigenvalue weighted by atomic mass is 32.1. The fourth-order valence-electron chi connectivity index (χ4n) is 6.27. The third-order valence-corrected chi connectivity index (χ3v) is 8.62. The fraction of sp³-hybridized carbons (Fsp3) is 0.303. The number of carbonyl (C=O) groups is 1. The smallest absolute Gasteiger partial charge is 0.335 e. The zero-order chi connectivity index (χ0) is 28.7. The number of hydrogen-bond acceptors (Lipinski definition) is 4. The number of aromatic carboxylic acids is 1. The second-order valence-electron chi connectivity index (χ2n) is 11.0. The van der Waals surface area contributed by atoms with Gasteiger partial charge in [-0.25, -0.2) is 4.79 Å². The molecule has 2 aromatic carbocycles. The number of aromatic nitrogens is 2. The zero-order valence-corrected chi connectivity index (χ0v) is 24.3. The van der Waals surface area contributed by atoms with Crippen LogP contribution < -0.4 is 15.0 Å². The Morgan fingerprint density at radius 1 is 1.02 bits per heavy atom. The van der Waals surface area contributed by atoms with Crippen LogP contribution in [0.15, 0.2) is 72.9 Å². The van der Waals surface area contributed by atoms with Crippen molar-refractivity contribution in [2.75, 3.05) is 4.90 Å². The molecule has 7 nitrogen and oxygen atoms in total. The van der Waals surface area contributed by atoms with Gasteiger partial charge in [0, 0.05) is 29.0 Å². The molecule has 2 aliphatic rings. The van der Waals surface area contributed by atoms with E-state index in [2.05, 4.69) is 46.8 Å². The van der Waals surface area contributed by atoms with Gasteiger partial charge < -0.3 is 24.6 Å². The lowest BCUT2D eigenvalue weighted by atomic mass is 9.96. The van der Waals surface area contributed by atoms with E-state index in [4.69, 9.17) is 21.9 Å².